The van der Waals surface area contributed by atoms with E-state index in [-0.39, 0.29) is 0 Å². The third-order valence-corrected chi connectivity index (χ3v) is 1.55. The van der Waals surface area contributed by atoms with Crippen molar-refractivity contribution in [3.8, 4) is 0 Å². The zero-order valence-corrected chi connectivity index (χ0v) is 8.41. The van der Waals surface area contributed by atoms with Gasteiger partial charge in [-0.25, -0.2) is 0 Å². The minimum Gasteiger partial charge on any atom is -0.380 e. The summed E-state index contributed by atoms with van der Waals surface area (Å²) in [6, 6.07) is 0. The fraction of sp³-hybridized carbons (Fsp3) is 0.889. The highest BCUT2D eigenvalue weighted by atomic mass is 16.5. The van der Waals surface area contributed by atoms with E-state index in [1.165, 1.54) is 4.90 Å². The van der Waals surface area contributed by atoms with Crippen molar-refractivity contribution in [2.24, 2.45) is 0 Å². The first-order chi connectivity index (χ1) is 6.35. The Kier molecular flexibility index (Phi) is 9.03. The van der Waals surface area contributed by atoms with E-state index in [4.69, 9.17) is 9.47 Å². The van der Waals surface area contributed by atoms with Crippen molar-refractivity contribution in [3.63, 3.8) is 0 Å². The molecule has 0 saturated carbocycles. The van der Waals surface area contributed by atoms with Gasteiger partial charge in [0, 0.05) is 26.3 Å². The molecule has 0 fully saturated rings. The lowest BCUT2D eigenvalue weighted by atomic mass is 10.5. The zero-order valence-electron chi connectivity index (χ0n) is 8.41. The summed E-state index contributed by atoms with van der Waals surface area (Å²) >= 11 is 0. The van der Waals surface area contributed by atoms with Crippen LogP contribution in [0, 0.1) is 0 Å². The second kappa shape index (κ2) is 9.48. The zero-order chi connectivity index (χ0) is 9.94. The SMILES string of the molecule is CCOCCN([C]=O)CCOCC. The predicted molar refractivity (Wildman–Crippen MR) is 50.3 cm³/mol. The monoisotopic (exact) mass is 188 g/mol. The lowest BCUT2D eigenvalue weighted by Gasteiger charge is -2.15. The van der Waals surface area contributed by atoms with Crippen LogP contribution in [0.3, 0.4) is 0 Å². The Hall–Kier alpha value is -0.610. The van der Waals surface area contributed by atoms with Gasteiger partial charge in [0.15, 0.2) is 0 Å². The first-order valence-electron chi connectivity index (χ1n) is 4.63. The van der Waals surface area contributed by atoms with Crippen LogP contribution in [-0.2, 0) is 14.3 Å². The Morgan fingerprint density at radius 3 is 1.85 bits per heavy atom. The molecule has 0 aromatic carbocycles. The molecule has 0 aliphatic rings. The van der Waals surface area contributed by atoms with Crippen molar-refractivity contribution in [2.45, 2.75) is 13.8 Å². The first kappa shape index (κ1) is 12.4. The molecule has 13 heavy (non-hydrogen) atoms. The molecule has 0 spiro atoms. The van der Waals surface area contributed by atoms with Crippen LogP contribution in [0.2, 0.25) is 0 Å². The molecule has 0 unspecified atom stereocenters. The predicted octanol–water partition coefficient (Wildman–Crippen LogP) is 0.429. The van der Waals surface area contributed by atoms with Gasteiger partial charge in [-0.2, -0.15) is 0 Å². The molecule has 0 aromatic rings. The summed E-state index contributed by atoms with van der Waals surface area (Å²) < 4.78 is 10.2. The van der Waals surface area contributed by atoms with Gasteiger partial charge >= 0.3 is 6.41 Å². The summed E-state index contributed by atoms with van der Waals surface area (Å²) in [5.41, 5.74) is 0. The van der Waals surface area contributed by atoms with E-state index in [0.29, 0.717) is 39.5 Å². The Morgan fingerprint density at radius 2 is 1.54 bits per heavy atom. The number of carbonyl (C=O) groups excluding carboxylic acids is 1. The molecule has 1 amide bonds. The summed E-state index contributed by atoms with van der Waals surface area (Å²) in [6.45, 7) is 7.52. The minimum absolute atomic E-state index is 0.567. The van der Waals surface area contributed by atoms with E-state index in [0.717, 1.165) is 0 Å². The summed E-state index contributed by atoms with van der Waals surface area (Å²) in [7, 11) is 0. The average molecular weight is 188 g/mol. The Balaban J connectivity index is 3.34. The van der Waals surface area contributed by atoms with Gasteiger partial charge in [0.05, 0.1) is 13.2 Å². The second-order valence-corrected chi connectivity index (χ2v) is 2.47. The van der Waals surface area contributed by atoms with Gasteiger partial charge in [0.1, 0.15) is 0 Å². The van der Waals surface area contributed by atoms with Crippen molar-refractivity contribution >= 4 is 6.41 Å². The molecule has 0 heterocycles. The van der Waals surface area contributed by atoms with Crippen molar-refractivity contribution in [2.75, 3.05) is 39.5 Å². The third-order valence-electron chi connectivity index (χ3n) is 1.55. The molecule has 0 rings (SSSR count). The largest absolute Gasteiger partial charge is 0.380 e. The van der Waals surface area contributed by atoms with Crippen LogP contribution in [0.5, 0.6) is 0 Å². The first-order valence-corrected chi connectivity index (χ1v) is 4.63. The average Bonchev–Trinajstić information content (AvgIpc) is 2.16. The van der Waals surface area contributed by atoms with Crippen LogP contribution >= 0.6 is 0 Å². The number of ether oxygens (including phenoxy) is 2. The smallest absolute Gasteiger partial charge is 0.312 e. The van der Waals surface area contributed by atoms with Crippen LogP contribution in [0.15, 0.2) is 0 Å². The third kappa shape index (κ3) is 7.74. The van der Waals surface area contributed by atoms with Crippen molar-refractivity contribution in [1.29, 1.82) is 0 Å². The summed E-state index contributed by atoms with van der Waals surface area (Å²) in [6.07, 6.45) is 1.84. The molecule has 0 saturated heterocycles. The van der Waals surface area contributed by atoms with Crippen LogP contribution in [0.1, 0.15) is 13.8 Å². The fourth-order valence-corrected chi connectivity index (χ4v) is 0.841. The molecular formula is C9H18NO3. The molecule has 0 aliphatic carbocycles. The highest BCUT2D eigenvalue weighted by Crippen LogP contribution is 1.85. The number of amides is 1. The molecule has 1 radical (unpaired) electrons. The van der Waals surface area contributed by atoms with E-state index in [1.807, 2.05) is 20.3 Å². The number of hydrogen-bond acceptors (Lipinski definition) is 3. The molecule has 4 heteroatoms. The van der Waals surface area contributed by atoms with E-state index in [2.05, 4.69) is 0 Å². The van der Waals surface area contributed by atoms with Gasteiger partial charge in [-0.1, -0.05) is 0 Å². The molecule has 0 N–H and O–H groups in total. The highest BCUT2D eigenvalue weighted by Gasteiger charge is 2.01. The lowest BCUT2D eigenvalue weighted by Crippen LogP contribution is -2.29. The topological polar surface area (TPSA) is 38.8 Å². The summed E-state index contributed by atoms with van der Waals surface area (Å²) in [4.78, 5) is 11.9. The number of hydrogen-bond donors (Lipinski definition) is 0. The second-order valence-electron chi connectivity index (χ2n) is 2.47. The maximum absolute atomic E-state index is 10.4. The van der Waals surface area contributed by atoms with Crippen LogP contribution in [0.25, 0.3) is 0 Å². The van der Waals surface area contributed by atoms with Gasteiger partial charge in [0.25, 0.3) is 0 Å². The Labute approximate surface area is 79.8 Å². The van der Waals surface area contributed by atoms with E-state index in [1.54, 1.807) is 0 Å². The van der Waals surface area contributed by atoms with Crippen LogP contribution in [0.4, 0.5) is 0 Å². The van der Waals surface area contributed by atoms with Crippen molar-refractivity contribution < 1.29 is 14.3 Å². The molecule has 0 aliphatic heterocycles. The van der Waals surface area contributed by atoms with Crippen LogP contribution < -0.4 is 0 Å². The molecule has 4 nitrogen and oxygen atoms in total. The van der Waals surface area contributed by atoms with Gasteiger partial charge in [0.2, 0.25) is 0 Å². The van der Waals surface area contributed by atoms with Gasteiger partial charge in [-0.05, 0) is 13.8 Å². The maximum Gasteiger partial charge on any atom is 0.312 e. The number of rotatable bonds is 9. The van der Waals surface area contributed by atoms with Gasteiger partial charge in [-0.3, -0.25) is 4.79 Å². The quantitative estimate of drug-likeness (QED) is 0.389. The summed E-state index contributed by atoms with van der Waals surface area (Å²) in [5, 5.41) is 0. The van der Waals surface area contributed by atoms with E-state index >= 15 is 0 Å². The van der Waals surface area contributed by atoms with E-state index < -0.39 is 0 Å². The standard InChI is InChI=1S/C9H18NO3/c1-3-12-7-5-10(9-11)6-8-13-4-2/h3-8H2,1-2H3. The normalized spacial score (nSPS) is 10.0. The lowest BCUT2D eigenvalue weighted by molar-refractivity contribution is 0.106. The molecule has 0 bridgehead atoms. The van der Waals surface area contributed by atoms with Gasteiger partial charge < -0.3 is 14.4 Å². The molecule has 0 atom stereocenters. The minimum atomic E-state index is 0.567. The summed E-state index contributed by atoms with van der Waals surface area (Å²) in [5.74, 6) is 0. The van der Waals surface area contributed by atoms with Crippen molar-refractivity contribution in [3.05, 3.63) is 0 Å². The highest BCUT2D eigenvalue weighted by molar-refractivity contribution is 5.47. The molecule has 0 aromatic heterocycles. The van der Waals surface area contributed by atoms with Gasteiger partial charge in [-0.15, -0.1) is 0 Å². The number of nitrogens with zero attached hydrogens (tertiary/aromatic N) is 1. The Morgan fingerprint density at radius 1 is 1.08 bits per heavy atom. The Bertz CT molecular complexity index is 109. The van der Waals surface area contributed by atoms with E-state index in [9.17, 15) is 4.79 Å². The molecule has 77 valence electrons. The fourth-order valence-electron chi connectivity index (χ4n) is 0.841. The van der Waals surface area contributed by atoms with Crippen molar-refractivity contribution in [1.82, 2.24) is 4.90 Å². The maximum atomic E-state index is 10.4. The molecular weight excluding hydrogens is 170 g/mol. The van der Waals surface area contributed by atoms with Crippen LogP contribution in [-0.4, -0.2) is 50.8 Å².